The van der Waals surface area contributed by atoms with E-state index in [2.05, 4.69) is 0 Å². The van der Waals surface area contributed by atoms with E-state index in [4.69, 9.17) is 9.15 Å². The highest BCUT2D eigenvalue weighted by atomic mass is 16.6. The van der Waals surface area contributed by atoms with Crippen molar-refractivity contribution in [1.82, 2.24) is 4.90 Å². The molecule has 28 heavy (non-hydrogen) atoms. The molecule has 8 heteroatoms. The average molecular weight is 388 g/mol. The van der Waals surface area contributed by atoms with E-state index >= 15 is 0 Å². The Bertz CT molecular complexity index is 846. The summed E-state index contributed by atoms with van der Waals surface area (Å²) >= 11 is 0. The van der Waals surface area contributed by atoms with Crippen molar-refractivity contribution in [2.45, 2.75) is 52.8 Å². The molecule has 0 fully saturated rings. The van der Waals surface area contributed by atoms with Crippen molar-refractivity contribution in [2.75, 3.05) is 0 Å². The van der Waals surface area contributed by atoms with Gasteiger partial charge in [0.25, 0.3) is 11.6 Å². The Hall–Kier alpha value is -3.16. The molecule has 1 atom stereocenters. The molecule has 0 saturated carbocycles. The smallest absolute Gasteiger partial charge is 0.375 e. The van der Waals surface area contributed by atoms with Crippen LogP contribution >= 0.6 is 0 Å². The van der Waals surface area contributed by atoms with Crippen LogP contribution in [0.3, 0.4) is 0 Å². The molecule has 0 aliphatic carbocycles. The molecule has 0 aliphatic rings. The predicted octanol–water partition coefficient (Wildman–Crippen LogP) is 4.05. The number of rotatable bonds is 7. The van der Waals surface area contributed by atoms with Gasteiger partial charge in [0, 0.05) is 29.8 Å². The lowest BCUT2D eigenvalue weighted by atomic mass is 10.1. The lowest BCUT2D eigenvalue weighted by Gasteiger charge is -2.32. The average Bonchev–Trinajstić information content (AvgIpc) is 3.11. The van der Waals surface area contributed by atoms with Gasteiger partial charge in [0.2, 0.25) is 5.76 Å². The maximum Gasteiger partial charge on any atom is 0.375 e. The second-order valence-corrected chi connectivity index (χ2v) is 6.95. The number of nitrogens with zero attached hydrogens (tertiary/aromatic N) is 2. The van der Waals surface area contributed by atoms with Crippen molar-refractivity contribution in [3.05, 3.63) is 52.3 Å². The summed E-state index contributed by atoms with van der Waals surface area (Å²) in [4.78, 5) is 36.8. The zero-order chi connectivity index (χ0) is 21.0. The van der Waals surface area contributed by atoms with Crippen LogP contribution in [0.5, 0.6) is 0 Å². The number of benzene rings is 1. The third-order valence-corrected chi connectivity index (χ3v) is 4.17. The third-order valence-electron chi connectivity index (χ3n) is 4.17. The minimum atomic E-state index is -0.953. The van der Waals surface area contributed by atoms with E-state index in [-0.39, 0.29) is 29.4 Å². The van der Waals surface area contributed by atoms with Crippen LogP contribution in [0.25, 0.3) is 11.3 Å². The van der Waals surface area contributed by atoms with E-state index in [1.54, 1.807) is 11.0 Å². The van der Waals surface area contributed by atoms with Crippen LogP contribution in [0, 0.1) is 10.1 Å². The summed E-state index contributed by atoms with van der Waals surface area (Å²) in [6, 6.07) is 8.73. The third kappa shape index (κ3) is 4.76. The van der Waals surface area contributed by atoms with Crippen molar-refractivity contribution in [2.24, 2.45) is 0 Å². The molecule has 0 spiro atoms. The monoisotopic (exact) mass is 388 g/mol. The number of ether oxygens (including phenoxy) is 1. The molecule has 1 aromatic heterocycles. The summed E-state index contributed by atoms with van der Waals surface area (Å²) in [6.45, 7) is 9.12. The number of amides is 1. The van der Waals surface area contributed by atoms with Crippen molar-refractivity contribution in [3.8, 4) is 11.3 Å². The summed E-state index contributed by atoms with van der Waals surface area (Å²) < 4.78 is 10.8. The Balaban J connectivity index is 2.09. The van der Waals surface area contributed by atoms with Crippen LogP contribution < -0.4 is 0 Å². The van der Waals surface area contributed by atoms with Gasteiger partial charge in [0.1, 0.15) is 5.76 Å². The molecule has 1 amide bonds. The summed E-state index contributed by atoms with van der Waals surface area (Å²) in [5.74, 6) is -0.706. The minimum absolute atomic E-state index is 0.0222. The molecule has 0 N–H and O–H groups in total. The van der Waals surface area contributed by atoms with Crippen LogP contribution in [-0.2, 0) is 9.53 Å². The number of esters is 1. The van der Waals surface area contributed by atoms with Crippen LogP contribution in [0.15, 0.2) is 40.8 Å². The van der Waals surface area contributed by atoms with E-state index in [9.17, 15) is 19.7 Å². The molecule has 0 aliphatic heterocycles. The lowest BCUT2D eigenvalue weighted by molar-refractivity contribution is -0.384. The minimum Gasteiger partial charge on any atom is -0.449 e. The van der Waals surface area contributed by atoms with E-state index in [1.807, 2.05) is 27.7 Å². The van der Waals surface area contributed by atoms with Gasteiger partial charge in [0.05, 0.1) is 4.92 Å². The van der Waals surface area contributed by atoms with Gasteiger partial charge in [-0.25, -0.2) is 4.79 Å². The number of hydrogen-bond donors (Lipinski definition) is 0. The van der Waals surface area contributed by atoms with E-state index in [0.29, 0.717) is 11.3 Å². The van der Waals surface area contributed by atoms with Crippen LogP contribution in [-0.4, -0.2) is 39.9 Å². The molecular formula is C20H24N2O6. The Kier molecular flexibility index (Phi) is 6.56. The number of nitro benzene ring substituents is 1. The first kappa shape index (κ1) is 21.1. The zero-order valence-electron chi connectivity index (χ0n) is 16.5. The largest absolute Gasteiger partial charge is 0.449 e. The van der Waals surface area contributed by atoms with Crippen molar-refractivity contribution < 1.29 is 23.7 Å². The standard InChI is InChI=1S/C20H24N2O6/c1-12(2)21(13(3)4)19(23)14(5)27-20(24)18-11-10-17(28-18)15-6-8-16(9-7-15)22(25)26/h6-14H,1-5H3/t14-/m1/s1. The van der Waals surface area contributed by atoms with Gasteiger partial charge in [-0.1, -0.05) is 0 Å². The van der Waals surface area contributed by atoms with Gasteiger partial charge in [0.15, 0.2) is 6.10 Å². The number of carbonyl (C=O) groups is 2. The highest BCUT2D eigenvalue weighted by Gasteiger charge is 2.28. The first-order valence-electron chi connectivity index (χ1n) is 8.99. The molecule has 0 unspecified atom stereocenters. The molecule has 0 bridgehead atoms. The second kappa shape index (κ2) is 8.69. The number of carbonyl (C=O) groups excluding carboxylic acids is 2. The van der Waals surface area contributed by atoms with Gasteiger partial charge < -0.3 is 14.1 Å². The predicted molar refractivity (Wildman–Crippen MR) is 103 cm³/mol. The Morgan fingerprint density at radius 3 is 2.07 bits per heavy atom. The summed E-state index contributed by atoms with van der Waals surface area (Å²) in [6.07, 6.45) is -0.953. The molecule has 2 aromatic rings. The van der Waals surface area contributed by atoms with Gasteiger partial charge in [-0.05, 0) is 58.9 Å². The summed E-state index contributed by atoms with van der Waals surface area (Å²) in [7, 11) is 0. The van der Waals surface area contributed by atoms with Crippen LogP contribution in [0.1, 0.15) is 45.2 Å². The molecule has 1 aromatic carbocycles. The fourth-order valence-electron chi connectivity index (χ4n) is 2.93. The maximum absolute atomic E-state index is 12.6. The van der Waals surface area contributed by atoms with Crippen molar-refractivity contribution in [3.63, 3.8) is 0 Å². The first-order valence-corrected chi connectivity index (χ1v) is 8.99. The fraction of sp³-hybridized carbons (Fsp3) is 0.400. The van der Waals surface area contributed by atoms with E-state index in [0.717, 1.165) is 0 Å². The maximum atomic E-state index is 12.6. The molecule has 2 rings (SSSR count). The van der Waals surface area contributed by atoms with E-state index in [1.165, 1.54) is 37.3 Å². The van der Waals surface area contributed by atoms with Crippen LogP contribution in [0.2, 0.25) is 0 Å². The topological polar surface area (TPSA) is 103 Å². The van der Waals surface area contributed by atoms with Gasteiger partial charge in [-0.15, -0.1) is 0 Å². The van der Waals surface area contributed by atoms with Gasteiger partial charge in [-0.2, -0.15) is 0 Å². The second-order valence-electron chi connectivity index (χ2n) is 6.95. The Morgan fingerprint density at radius 1 is 1.00 bits per heavy atom. The van der Waals surface area contributed by atoms with Crippen molar-refractivity contribution in [1.29, 1.82) is 0 Å². The molecule has 1 heterocycles. The molecule has 150 valence electrons. The zero-order valence-corrected chi connectivity index (χ0v) is 16.5. The number of hydrogen-bond acceptors (Lipinski definition) is 6. The lowest BCUT2D eigenvalue weighted by Crippen LogP contribution is -2.47. The summed E-state index contributed by atoms with van der Waals surface area (Å²) in [5.41, 5.74) is 0.543. The molecular weight excluding hydrogens is 364 g/mol. The normalized spacial score (nSPS) is 12.1. The van der Waals surface area contributed by atoms with Crippen molar-refractivity contribution >= 4 is 17.6 Å². The number of nitro groups is 1. The molecule has 0 saturated heterocycles. The fourth-order valence-corrected chi connectivity index (χ4v) is 2.93. The molecule has 0 radical (unpaired) electrons. The Morgan fingerprint density at radius 2 is 1.57 bits per heavy atom. The SMILES string of the molecule is CC(C)N(C(=O)[C@@H](C)OC(=O)c1ccc(-c2ccc([N+](=O)[O-])cc2)o1)C(C)C. The Labute approximate surface area is 163 Å². The highest BCUT2D eigenvalue weighted by molar-refractivity contribution is 5.90. The number of non-ortho nitro benzene ring substituents is 1. The number of furan rings is 1. The highest BCUT2D eigenvalue weighted by Crippen LogP contribution is 2.25. The van der Waals surface area contributed by atoms with Gasteiger partial charge >= 0.3 is 5.97 Å². The first-order chi connectivity index (χ1) is 13.1. The van der Waals surface area contributed by atoms with Crippen LogP contribution in [0.4, 0.5) is 5.69 Å². The van der Waals surface area contributed by atoms with Gasteiger partial charge in [-0.3, -0.25) is 14.9 Å². The quantitative estimate of drug-likeness (QED) is 0.403. The summed E-state index contributed by atoms with van der Waals surface area (Å²) in [5, 5.41) is 10.7. The van der Waals surface area contributed by atoms with E-state index < -0.39 is 17.0 Å². The molecule has 8 nitrogen and oxygen atoms in total.